The monoisotopic (exact) mass is 222 g/mol. The van der Waals surface area contributed by atoms with E-state index in [0.29, 0.717) is 18.1 Å². The topological polar surface area (TPSA) is 77.0 Å². The third kappa shape index (κ3) is 2.11. The molecule has 0 aliphatic carbocycles. The molecule has 1 atom stereocenters. The summed E-state index contributed by atoms with van der Waals surface area (Å²) < 4.78 is 7.05. The Morgan fingerprint density at radius 3 is 2.75 bits per heavy atom. The smallest absolute Gasteiger partial charge is 0.191 e. The number of oxazole rings is 1. The van der Waals surface area contributed by atoms with Gasteiger partial charge in [-0.1, -0.05) is 5.21 Å². The summed E-state index contributed by atoms with van der Waals surface area (Å²) in [7, 11) is 0. The Bertz CT molecular complexity index is 487. The van der Waals surface area contributed by atoms with Crippen LogP contribution in [0.4, 0.5) is 0 Å². The molecular weight excluding hydrogens is 208 g/mol. The van der Waals surface area contributed by atoms with Crippen molar-refractivity contribution >= 4 is 0 Å². The van der Waals surface area contributed by atoms with E-state index < -0.39 is 6.10 Å². The molecule has 0 spiro atoms. The third-order valence-corrected chi connectivity index (χ3v) is 2.29. The molecule has 0 amide bonds. The van der Waals surface area contributed by atoms with Crippen LogP contribution >= 0.6 is 0 Å². The Hall–Kier alpha value is -1.69. The number of hydrogen-bond acceptors (Lipinski definition) is 5. The SMILES string of the molecule is Cc1nc(C)c(Cn2cc(C(C)O)nn2)o1. The van der Waals surface area contributed by atoms with Crippen molar-refractivity contribution in [2.24, 2.45) is 0 Å². The molecule has 16 heavy (non-hydrogen) atoms. The van der Waals surface area contributed by atoms with Gasteiger partial charge in [-0.05, 0) is 13.8 Å². The van der Waals surface area contributed by atoms with Crippen molar-refractivity contribution in [1.82, 2.24) is 20.0 Å². The zero-order chi connectivity index (χ0) is 11.7. The van der Waals surface area contributed by atoms with Gasteiger partial charge in [0, 0.05) is 6.92 Å². The Labute approximate surface area is 92.9 Å². The van der Waals surface area contributed by atoms with Crippen molar-refractivity contribution in [2.45, 2.75) is 33.4 Å². The number of aromatic nitrogens is 4. The fourth-order valence-electron chi connectivity index (χ4n) is 1.45. The van der Waals surface area contributed by atoms with Gasteiger partial charge in [0.15, 0.2) is 5.89 Å². The van der Waals surface area contributed by atoms with Crippen LogP contribution in [0.3, 0.4) is 0 Å². The first-order valence-electron chi connectivity index (χ1n) is 5.07. The quantitative estimate of drug-likeness (QED) is 0.837. The fourth-order valence-corrected chi connectivity index (χ4v) is 1.45. The van der Waals surface area contributed by atoms with Gasteiger partial charge in [0.05, 0.1) is 18.0 Å². The van der Waals surface area contributed by atoms with E-state index >= 15 is 0 Å². The molecule has 0 bridgehead atoms. The zero-order valence-electron chi connectivity index (χ0n) is 9.51. The maximum absolute atomic E-state index is 9.31. The predicted octanol–water partition coefficient (Wildman–Crippen LogP) is 0.985. The second-order valence-electron chi connectivity index (χ2n) is 3.76. The summed E-state index contributed by atoms with van der Waals surface area (Å²) in [5.74, 6) is 1.41. The van der Waals surface area contributed by atoms with Crippen molar-refractivity contribution in [3.63, 3.8) is 0 Å². The van der Waals surface area contributed by atoms with Crippen LogP contribution in [0.1, 0.15) is 36.1 Å². The molecule has 0 aliphatic heterocycles. The van der Waals surface area contributed by atoms with E-state index in [4.69, 9.17) is 4.42 Å². The maximum atomic E-state index is 9.31. The average molecular weight is 222 g/mol. The lowest BCUT2D eigenvalue weighted by Crippen LogP contribution is -2.00. The van der Waals surface area contributed by atoms with Crippen LogP contribution in [0.25, 0.3) is 0 Å². The van der Waals surface area contributed by atoms with Crippen molar-refractivity contribution in [2.75, 3.05) is 0 Å². The van der Waals surface area contributed by atoms with Gasteiger partial charge in [0.1, 0.15) is 18.0 Å². The molecule has 0 fully saturated rings. The van der Waals surface area contributed by atoms with E-state index in [2.05, 4.69) is 15.3 Å². The molecule has 2 aromatic heterocycles. The summed E-state index contributed by atoms with van der Waals surface area (Å²) in [6.45, 7) is 5.82. The highest BCUT2D eigenvalue weighted by Gasteiger charge is 2.10. The van der Waals surface area contributed by atoms with E-state index in [1.54, 1.807) is 24.7 Å². The van der Waals surface area contributed by atoms with Gasteiger partial charge in [-0.25, -0.2) is 9.67 Å². The van der Waals surface area contributed by atoms with E-state index in [1.165, 1.54) is 0 Å². The lowest BCUT2D eigenvalue weighted by molar-refractivity contribution is 0.194. The molecule has 1 unspecified atom stereocenters. The molecule has 6 nitrogen and oxygen atoms in total. The number of aliphatic hydroxyl groups excluding tert-OH is 1. The summed E-state index contributed by atoms with van der Waals surface area (Å²) in [6, 6.07) is 0. The van der Waals surface area contributed by atoms with Crippen LogP contribution in [-0.4, -0.2) is 25.1 Å². The van der Waals surface area contributed by atoms with Gasteiger partial charge < -0.3 is 9.52 Å². The Morgan fingerprint density at radius 1 is 1.50 bits per heavy atom. The molecule has 1 N–H and O–H groups in total. The van der Waals surface area contributed by atoms with E-state index in [9.17, 15) is 5.11 Å². The third-order valence-electron chi connectivity index (χ3n) is 2.29. The number of nitrogens with zero attached hydrogens (tertiary/aromatic N) is 4. The summed E-state index contributed by atoms with van der Waals surface area (Å²) in [5.41, 5.74) is 1.40. The number of hydrogen-bond donors (Lipinski definition) is 1. The molecule has 0 saturated heterocycles. The van der Waals surface area contributed by atoms with Gasteiger partial charge in [0.25, 0.3) is 0 Å². The van der Waals surface area contributed by atoms with E-state index in [-0.39, 0.29) is 0 Å². The lowest BCUT2D eigenvalue weighted by atomic mass is 10.3. The van der Waals surface area contributed by atoms with Gasteiger partial charge in [-0.3, -0.25) is 0 Å². The second kappa shape index (κ2) is 4.05. The molecule has 6 heteroatoms. The minimum atomic E-state index is -0.605. The first-order chi connectivity index (χ1) is 7.56. The zero-order valence-corrected chi connectivity index (χ0v) is 9.51. The van der Waals surface area contributed by atoms with Gasteiger partial charge in [0.2, 0.25) is 0 Å². The summed E-state index contributed by atoms with van der Waals surface area (Å²) in [4.78, 5) is 4.17. The van der Waals surface area contributed by atoms with Crippen LogP contribution in [0.15, 0.2) is 10.6 Å². The normalized spacial score (nSPS) is 13.0. The Balaban J connectivity index is 2.17. The van der Waals surface area contributed by atoms with Gasteiger partial charge in [-0.2, -0.15) is 0 Å². The highest BCUT2D eigenvalue weighted by atomic mass is 16.4. The maximum Gasteiger partial charge on any atom is 0.191 e. The van der Waals surface area contributed by atoms with Crippen molar-refractivity contribution in [3.05, 3.63) is 29.2 Å². The van der Waals surface area contributed by atoms with E-state index in [1.807, 2.05) is 6.92 Å². The Kier molecular flexibility index (Phi) is 2.74. The molecule has 2 heterocycles. The first-order valence-corrected chi connectivity index (χ1v) is 5.07. The molecular formula is C10H14N4O2. The molecule has 2 rings (SSSR count). The second-order valence-corrected chi connectivity index (χ2v) is 3.76. The molecule has 0 radical (unpaired) electrons. The molecule has 0 aliphatic rings. The Morgan fingerprint density at radius 2 is 2.25 bits per heavy atom. The molecule has 0 aromatic carbocycles. The van der Waals surface area contributed by atoms with Crippen LogP contribution < -0.4 is 0 Å². The van der Waals surface area contributed by atoms with Gasteiger partial charge >= 0.3 is 0 Å². The molecule has 2 aromatic rings. The number of rotatable bonds is 3. The standard InChI is InChI=1S/C10H14N4O2/c1-6-10(16-8(3)11-6)5-14-4-9(7(2)15)12-13-14/h4,7,15H,5H2,1-3H3. The largest absolute Gasteiger partial charge is 0.444 e. The van der Waals surface area contributed by atoms with Crippen LogP contribution in [0, 0.1) is 13.8 Å². The van der Waals surface area contributed by atoms with Crippen LogP contribution in [-0.2, 0) is 6.54 Å². The summed E-state index contributed by atoms with van der Waals surface area (Å²) in [6.07, 6.45) is 1.09. The number of aliphatic hydroxyl groups is 1. The highest BCUT2D eigenvalue weighted by molar-refractivity contribution is 5.08. The summed E-state index contributed by atoms with van der Waals surface area (Å²) >= 11 is 0. The fraction of sp³-hybridized carbons (Fsp3) is 0.500. The van der Waals surface area contributed by atoms with Crippen molar-refractivity contribution in [3.8, 4) is 0 Å². The van der Waals surface area contributed by atoms with Crippen molar-refractivity contribution < 1.29 is 9.52 Å². The first kappa shape index (κ1) is 10.8. The minimum absolute atomic E-state index is 0.479. The van der Waals surface area contributed by atoms with Gasteiger partial charge in [-0.15, -0.1) is 5.10 Å². The predicted molar refractivity (Wildman–Crippen MR) is 55.7 cm³/mol. The van der Waals surface area contributed by atoms with E-state index in [0.717, 1.165) is 11.5 Å². The minimum Gasteiger partial charge on any atom is -0.444 e. The lowest BCUT2D eigenvalue weighted by Gasteiger charge is -1.97. The van der Waals surface area contributed by atoms with Crippen LogP contribution in [0.5, 0.6) is 0 Å². The number of aryl methyl sites for hydroxylation is 2. The highest BCUT2D eigenvalue weighted by Crippen LogP contribution is 2.12. The summed E-state index contributed by atoms with van der Waals surface area (Å²) in [5, 5.41) is 17.1. The van der Waals surface area contributed by atoms with Crippen molar-refractivity contribution in [1.29, 1.82) is 0 Å². The molecule has 0 saturated carbocycles. The average Bonchev–Trinajstić information content (AvgIpc) is 2.75. The molecule has 86 valence electrons. The van der Waals surface area contributed by atoms with Crippen LogP contribution in [0.2, 0.25) is 0 Å².